The van der Waals surface area contributed by atoms with Crippen LogP contribution in [0.4, 0.5) is 0 Å². The predicted molar refractivity (Wildman–Crippen MR) is 74.6 cm³/mol. The maximum absolute atomic E-state index is 9.39. The zero-order chi connectivity index (χ0) is 13.0. The van der Waals surface area contributed by atoms with E-state index in [0.717, 1.165) is 18.7 Å². The van der Waals surface area contributed by atoms with E-state index < -0.39 is 7.12 Å². The van der Waals surface area contributed by atoms with Gasteiger partial charge in [-0.1, -0.05) is 44.0 Å². The van der Waals surface area contributed by atoms with E-state index >= 15 is 0 Å². The molecule has 3 nitrogen and oxygen atoms in total. The minimum absolute atomic E-state index is 0.633. The Morgan fingerprint density at radius 1 is 1.22 bits per heavy atom. The zero-order valence-corrected chi connectivity index (χ0v) is 11.0. The lowest BCUT2D eigenvalue weighted by molar-refractivity contribution is 0.200. The van der Waals surface area contributed by atoms with Crippen LogP contribution in [0.15, 0.2) is 24.3 Å². The lowest BCUT2D eigenvalue weighted by Crippen LogP contribution is -2.38. The molecule has 0 amide bonds. The van der Waals surface area contributed by atoms with Crippen LogP contribution >= 0.6 is 0 Å². The van der Waals surface area contributed by atoms with E-state index in [2.05, 4.69) is 11.8 Å². The standard InChI is InChI=1S/C14H22BNO2/c1-2-16(13-8-4-5-9-13)11-12-7-3-6-10-14(12)15(17)18/h3,6-7,10,13,17-18H,2,4-5,8-9,11H2,1H3. The molecular formula is C14H22BNO2. The Hall–Kier alpha value is -0.835. The van der Waals surface area contributed by atoms with Gasteiger partial charge in [0.25, 0.3) is 0 Å². The van der Waals surface area contributed by atoms with Crippen molar-refractivity contribution in [1.29, 1.82) is 0 Å². The maximum Gasteiger partial charge on any atom is 0.488 e. The number of nitrogens with zero attached hydrogens (tertiary/aromatic N) is 1. The van der Waals surface area contributed by atoms with Crippen molar-refractivity contribution < 1.29 is 10.0 Å². The Balaban J connectivity index is 2.11. The third-order valence-electron chi connectivity index (χ3n) is 3.95. The molecule has 1 aromatic carbocycles. The molecular weight excluding hydrogens is 225 g/mol. The first kappa shape index (κ1) is 13.6. The summed E-state index contributed by atoms with van der Waals surface area (Å²) in [6, 6.07) is 8.27. The Morgan fingerprint density at radius 2 is 1.89 bits per heavy atom. The lowest BCUT2D eigenvalue weighted by Gasteiger charge is -2.28. The zero-order valence-electron chi connectivity index (χ0n) is 11.0. The minimum atomic E-state index is -1.37. The van der Waals surface area contributed by atoms with Crippen molar-refractivity contribution >= 4 is 12.6 Å². The summed E-state index contributed by atoms with van der Waals surface area (Å²) in [7, 11) is -1.37. The number of rotatable bonds is 5. The molecule has 18 heavy (non-hydrogen) atoms. The van der Waals surface area contributed by atoms with Crippen molar-refractivity contribution in [1.82, 2.24) is 4.90 Å². The van der Waals surface area contributed by atoms with Crippen molar-refractivity contribution in [2.24, 2.45) is 0 Å². The van der Waals surface area contributed by atoms with Crippen LogP contribution in [0.1, 0.15) is 38.2 Å². The average molecular weight is 247 g/mol. The number of hydrogen-bond donors (Lipinski definition) is 2. The maximum atomic E-state index is 9.39. The van der Waals surface area contributed by atoms with Gasteiger partial charge in [0, 0.05) is 12.6 Å². The van der Waals surface area contributed by atoms with Gasteiger partial charge in [0.1, 0.15) is 0 Å². The second-order valence-corrected chi connectivity index (χ2v) is 5.07. The smallest absolute Gasteiger partial charge is 0.423 e. The monoisotopic (exact) mass is 247 g/mol. The molecule has 98 valence electrons. The Morgan fingerprint density at radius 3 is 2.50 bits per heavy atom. The van der Waals surface area contributed by atoms with Gasteiger partial charge in [-0.3, -0.25) is 4.90 Å². The second-order valence-electron chi connectivity index (χ2n) is 5.07. The molecule has 0 heterocycles. The molecule has 2 N–H and O–H groups in total. The van der Waals surface area contributed by atoms with Gasteiger partial charge in [0.05, 0.1) is 0 Å². The third kappa shape index (κ3) is 3.13. The average Bonchev–Trinajstić information content (AvgIpc) is 2.90. The highest BCUT2D eigenvalue weighted by molar-refractivity contribution is 6.59. The van der Waals surface area contributed by atoms with E-state index in [1.165, 1.54) is 25.7 Å². The van der Waals surface area contributed by atoms with Gasteiger partial charge in [-0.05, 0) is 30.4 Å². The Kier molecular flexibility index (Phi) is 4.81. The van der Waals surface area contributed by atoms with Gasteiger partial charge >= 0.3 is 7.12 Å². The van der Waals surface area contributed by atoms with Gasteiger partial charge in [0.15, 0.2) is 0 Å². The molecule has 2 rings (SSSR count). The molecule has 1 saturated carbocycles. The summed E-state index contributed by atoms with van der Waals surface area (Å²) in [4.78, 5) is 2.45. The molecule has 1 aliphatic carbocycles. The van der Waals surface area contributed by atoms with Gasteiger partial charge < -0.3 is 10.0 Å². The highest BCUT2D eigenvalue weighted by Crippen LogP contribution is 2.24. The van der Waals surface area contributed by atoms with Crippen LogP contribution in [-0.4, -0.2) is 34.7 Å². The Labute approximate surface area is 110 Å². The van der Waals surface area contributed by atoms with Gasteiger partial charge in [-0.25, -0.2) is 0 Å². The fourth-order valence-corrected chi connectivity index (χ4v) is 2.92. The molecule has 1 fully saturated rings. The van der Waals surface area contributed by atoms with Gasteiger partial charge in [-0.15, -0.1) is 0 Å². The van der Waals surface area contributed by atoms with Crippen LogP contribution in [0.2, 0.25) is 0 Å². The van der Waals surface area contributed by atoms with E-state index in [-0.39, 0.29) is 0 Å². The summed E-state index contributed by atoms with van der Waals surface area (Å²) in [5.74, 6) is 0. The summed E-state index contributed by atoms with van der Waals surface area (Å²) in [6.45, 7) is 4.01. The molecule has 0 radical (unpaired) electrons. The summed E-state index contributed by atoms with van der Waals surface area (Å²) in [5.41, 5.74) is 1.66. The van der Waals surface area contributed by atoms with Crippen LogP contribution in [0, 0.1) is 0 Å². The first-order valence-corrected chi connectivity index (χ1v) is 6.90. The molecule has 0 aliphatic heterocycles. The van der Waals surface area contributed by atoms with E-state index in [9.17, 15) is 10.0 Å². The normalized spacial score (nSPS) is 16.4. The quantitative estimate of drug-likeness (QED) is 0.766. The second kappa shape index (κ2) is 6.37. The predicted octanol–water partition coefficient (Wildman–Crippen LogP) is 1.13. The molecule has 0 unspecified atom stereocenters. The molecule has 0 aromatic heterocycles. The van der Waals surface area contributed by atoms with E-state index in [4.69, 9.17) is 0 Å². The third-order valence-corrected chi connectivity index (χ3v) is 3.95. The van der Waals surface area contributed by atoms with Crippen LogP contribution in [0.5, 0.6) is 0 Å². The first-order chi connectivity index (χ1) is 8.72. The topological polar surface area (TPSA) is 43.7 Å². The lowest BCUT2D eigenvalue weighted by atomic mass is 9.77. The minimum Gasteiger partial charge on any atom is -0.423 e. The SMILES string of the molecule is CCN(Cc1ccccc1B(O)O)C1CCCC1. The van der Waals surface area contributed by atoms with Crippen molar-refractivity contribution in [3.63, 3.8) is 0 Å². The molecule has 1 aromatic rings. The van der Waals surface area contributed by atoms with Crippen molar-refractivity contribution in [2.45, 2.75) is 45.2 Å². The van der Waals surface area contributed by atoms with Gasteiger partial charge in [0.2, 0.25) is 0 Å². The fourth-order valence-electron chi connectivity index (χ4n) is 2.92. The van der Waals surface area contributed by atoms with E-state index in [1.807, 2.05) is 18.2 Å². The fraction of sp³-hybridized carbons (Fsp3) is 0.571. The summed E-state index contributed by atoms with van der Waals surface area (Å²) >= 11 is 0. The Bertz CT molecular complexity index is 378. The van der Waals surface area contributed by atoms with Crippen LogP contribution in [-0.2, 0) is 6.54 Å². The van der Waals surface area contributed by atoms with E-state index in [1.54, 1.807) is 6.07 Å². The molecule has 4 heteroatoms. The molecule has 0 bridgehead atoms. The molecule has 1 aliphatic rings. The van der Waals surface area contributed by atoms with Gasteiger partial charge in [-0.2, -0.15) is 0 Å². The molecule has 0 spiro atoms. The first-order valence-electron chi connectivity index (χ1n) is 6.90. The van der Waals surface area contributed by atoms with Crippen molar-refractivity contribution in [3.05, 3.63) is 29.8 Å². The molecule has 0 atom stereocenters. The number of benzene rings is 1. The highest BCUT2D eigenvalue weighted by Gasteiger charge is 2.23. The summed E-state index contributed by atoms with van der Waals surface area (Å²) < 4.78 is 0. The number of hydrogen-bond acceptors (Lipinski definition) is 3. The summed E-state index contributed by atoms with van der Waals surface area (Å²) in [5, 5.41) is 18.8. The van der Waals surface area contributed by atoms with Crippen LogP contribution < -0.4 is 5.46 Å². The molecule has 0 saturated heterocycles. The van der Waals surface area contributed by atoms with E-state index in [0.29, 0.717) is 11.5 Å². The van der Waals surface area contributed by atoms with Crippen molar-refractivity contribution in [3.8, 4) is 0 Å². The summed E-state index contributed by atoms with van der Waals surface area (Å²) in [6.07, 6.45) is 5.20. The van der Waals surface area contributed by atoms with Crippen molar-refractivity contribution in [2.75, 3.05) is 6.54 Å². The highest BCUT2D eigenvalue weighted by atomic mass is 16.4. The largest absolute Gasteiger partial charge is 0.488 e. The van der Waals surface area contributed by atoms with Crippen LogP contribution in [0.3, 0.4) is 0 Å². The van der Waals surface area contributed by atoms with Crippen LogP contribution in [0.25, 0.3) is 0 Å².